The first-order valence-electron chi connectivity index (χ1n) is 7.20. The van der Waals surface area contributed by atoms with Crippen LogP contribution < -0.4 is 16.4 Å². The van der Waals surface area contributed by atoms with Gasteiger partial charge in [-0.25, -0.2) is 4.39 Å². The second kappa shape index (κ2) is 7.87. The molecule has 0 bridgehead atoms. The highest BCUT2D eigenvalue weighted by atomic mass is 19.1. The monoisotopic (exact) mass is 329 g/mol. The molecule has 124 valence electrons. The van der Waals surface area contributed by atoms with Crippen LogP contribution in [0.25, 0.3) is 0 Å². The lowest BCUT2D eigenvalue weighted by atomic mass is 10.1. The number of carbonyl (C=O) groups excluding carboxylic acids is 3. The Labute approximate surface area is 137 Å². The quantitative estimate of drug-likeness (QED) is 0.751. The molecule has 3 amide bonds. The molecule has 0 aromatic heterocycles. The Morgan fingerprint density at radius 2 is 1.75 bits per heavy atom. The number of benzene rings is 2. The van der Waals surface area contributed by atoms with Gasteiger partial charge in [0.1, 0.15) is 5.82 Å². The smallest absolute Gasteiger partial charge is 0.251 e. The first kappa shape index (κ1) is 17.1. The van der Waals surface area contributed by atoms with Crippen LogP contribution in [0.1, 0.15) is 27.1 Å². The zero-order chi connectivity index (χ0) is 17.5. The van der Waals surface area contributed by atoms with Gasteiger partial charge in [-0.1, -0.05) is 18.2 Å². The van der Waals surface area contributed by atoms with Crippen molar-refractivity contribution in [1.29, 1.82) is 0 Å². The third kappa shape index (κ3) is 4.64. The van der Waals surface area contributed by atoms with Gasteiger partial charge in [0.2, 0.25) is 5.91 Å². The Bertz CT molecular complexity index is 763. The van der Waals surface area contributed by atoms with Crippen molar-refractivity contribution in [2.24, 2.45) is 5.73 Å². The maximum atomic E-state index is 13.3. The van der Waals surface area contributed by atoms with E-state index in [1.165, 1.54) is 6.07 Å². The summed E-state index contributed by atoms with van der Waals surface area (Å²) in [4.78, 5) is 34.7. The Morgan fingerprint density at radius 3 is 2.42 bits per heavy atom. The molecular weight excluding hydrogens is 313 g/mol. The molecule has 0 atom stereocenters. The van der Waals surface area contributed by atoms with E-state index in [-0.39, 0.29) is 36.0 Å². The zero-order valence-corrected chi connectivity index (χ0v) is 12.7. The molecule has 7 heteroatoms. The average molecular weight is 329 g/mol. The Morgan fingerprint density at radius 1 is 1.04 bits per heavy atom. The molecule has 2 rings (SSSR count). The molecule has 0 spiro atoms. The normalized spacial score (nSPS) is 10.0. The van der Waals surface area contributed by atoms with E-state index in [1.807, 2.05) is 0 Å². The van der Waals surface area contributed by atoms with E-state index in [9.17, 15) is 18.8 Å². The van der Waals surface area contributed by atoms with Crippen LogP contribution in [0.3, 0.4) is 0 Å². The van der Waals surface area contributed by atoms with Gasteiger partial charge in [-0.15, -0.1) is 0 Å². The fraction of sp³-hybridized carbons (Fsp3) is 0.118. The van der Waals surface area contributed by atoms with Gasteiger partial charge in [-0.3, -0.25) is 14.4 Å². The van der Waals surface area contributed by atoms with E-state index in [1.54, 1.807) is 30.3 Å². The summed E-state index contributed by atoms with van der Waals surface area (Å²) in [5, 5.41) is 5.13. The van der Waals surface area contributed by atoms with Gasteiger partial charge in [0.25, 0.3) is 11.8 Å². The molecule has 0 aliphatic rings. The number of nitrogens with one attached hydrogen (secondary N) is 2. The van der Waals surface area contributed by atoms with Gasteiger partial charge in [0.05, 0.1) is 5.56 Å². The number of anilines is 1. The summed E-state index contributed by atoms with van der Waals surface area (Å²) < 4.78 is 13.3. The number of primary amides is 1. The SMILES string of the molecule is NC(=O)c1cc(NC(=O)CCNC(=O)c2ccccc2)ccc1F. The van der Waals surface area contributed by atoms with E-state index in [0.717, 1.165) is 12.1 Å². The molecular formula is C17H16FN3O3. The molecule has 0 aliphatic carbocycles. The van der Waals surface area contributed by atoms with Crippen molar-refractivity contribution in [3.8, 4) is 0 Å². The summed E-state index contributed by atoms with van der Waals surface area (Å²) in [6.45, 7) is 0.142. The van der Waals surface area contributed by atoms with Crippen molar-refractivity contribution in [2.45, 2.75) is 6.42 Å². The second-order valence-electron chi connectivity index (χ2n) is 4.98. The van der Waals surface area contributed by atoms with Crippen LogP contribution in [0, 0.1) is 5.82 Å². The minimum absolute atomic E-state index is 0.0296. The van der Waals surface area contributed by atoms with E-state index >= 15 is 0 Å². The van der Waals surface area contributed by atoms with Crippen LogP contribution in [-0.4, -0.2) is 24.3 Å². The van der Waals surface area contributed by atoms with E-state index in [0.29, 0.717) is 5.56 Å². The summed E-state index contributed by atoms with van der Waals surface area (Å²) in [7, 11) is 0. The molecule has 6 nitrogen and oxygen atoms in total. The van der Waals surface area contributed by atoms with Gasteiger partial charge >= 0.3 is 0 Å². The van der Waals surface area contributed by atoms with Crippen molar-refractivity contribution >= 4 is 23.4 Å². The van der Waals surface area contributed by atoms with Crippen molar-refractivity contribution in [1.82, 2.24) is 5.32 Å². The zero-order valence-electron chi connectivity index (χ0n) is 12.7. The fourth-order valence-corrected chi connectivity index (χ4v) is 2.00. The number of rotatable bonds is 6. The Balaban J connectivity index is 1.85. The molecule has 0 heterocycles. The molecule has 4 N–H and O–H groups in total. The van der Waals surface area contributed by atoms with Gasteiger partial charge in [-0.2, -0.15) is 0 Å². The Kier molecular flexibility index (Phi) is 5.62. The molecule has 0 saturated heterocycles. The number of hydrogen-bond donors (Lipinski definition) is 3. The summed E-state index contributed by atoms with van der Waals surface area (Å²) in [6.07, 6.45) is 0.0296. The largest absolute Gasteiger partial charge is 0.366 e. The third-order valence-corrected chi connectivity index (χ3v) is 3.19. The molecule has 24 heavy (non-hydrogen) atoms. The number of halogens is 1. The van der Waals surface area contributed by atoms with Crippen molar-refractivity contribution in [2.75, 3.05) is 11.9 Å². The highest BCUT2D eigenvalue weighted by molar-refractivity contribution is 5.97. The first-order valence-corrected chi connectivity index (χ1v) is 7.20. The number of nitrogens with two attached hydrogens (primary N) is 1. The summed E-state index contributed by atoms with van der Waals surface area (Å²) in [5.41, 5.74) is 5.50. The molecule has 0 radical (unpaired) electrons. The predicted octanol–water partition coefficient (Wildman–Crippen LogP) is 1.68. The number of hydrogen-bond acceptors (Lipinski definition) is 3. The Hall–Kier alpha value is -3.22. The van der Waals surface area contributed by atoms with Crippen molar-refractivity contribution in [3.63, 3.8) is 0 Å². The van der Waals surface area contributed by atoms with E-state index in [2.05, 4.69) is 10.6 Å². The lowest BCUT2D eigenvalue weighted by Gasteiger charge is -2.08. The van der Waals surface area contributed by atoms with Crippen LogP contribution in [0.2, 0.25) is 0 Å². The molecule has 2 aromatic carbocycles. The summed E-state index contributed by atoms with van der Waals surface area (Å²) >= 11 is 0. The summed E-state index contributed by atoms with van der Waals surface area (Å²) in [6, 6.07) is 12.2. The molecule has 2 aromatic rings. The highest BCUT2D eigenvalue weighted by Gasteiger charge is 2.11. The first-order chi connectivity index (χ1) is 11.5. The topological polar surface area (TPSA) is 101 Å². The van der Waals surface area contributed by atoms with Crippen LogP contribution in [0.4, 0.5) is 10.1 Å². The molecule has 0 saturated carbocycles. The third-order valence-electron chi connectivity index (χ3n) is 3.19. The van der Waals surface area contributed by atoms with Crippen LogP contribution in [-0.2, 0) is 4.79 Å². The average Bonchev–Trinajstić information content (AvgIpc) is 2.57. The van der Waals surface area contributed by atoms with Crippen molar-refractivity contribution in [3.05, 3.63) is 65.5 Å². The van der Waals surface area contributed by atoms with Crippen molar-refractivity contribution < 1.29 is 18.8 Å². The van der Waals surface area contributed by atoms with Gasteiger partial charge in [-0.05, 0) is 30.3 Å². The summed E-state index contributed by atoms with van der Waals surface area (Å²) in [5.74, 6) is -2.33. The molecule has 0 fully saturated rings. The van der Waals surface area contributed by atoms with Crippen LogP contribution >= 0.6 is 0 Å². The van der Waals surface area contributed by atoms with E-state index < -0.39 is 11.7 Å². The van der Waals surface area contributed by atoms with Gasteiger partial charge in [0, 0.05) is 24.2 Å². The predicted molar refractivity (Wildman–Crippen MR) is 86.9 cm³/mol. The fourth-order valence-electron chi connectivity index (χ4n) is 2.00. The maximum absolute atomic E-state index is 13.3. The van der Waals surface area contributed by atoms with Crippen LogP contribution in [0.5, 0.6) is 0 Å². The molecule has 0 unspecified atom stereocenters. The minimum atomic E-state index is -0.918. The van der Waals surface area contributed by atoms with E-state index in [4.69, 9.17) is 5.73 Å². The van der Waals surface area contributed by atoms with Gasteiger partial charge in [0.15, 0.2) is 0 Å². The van der Waals surface area contributed by atoms with Crippen LogP contribution in [0.15, 0.2) is 48.5 Å². The number of amides is 3. The van der Waals surface area contributed by atoms with Gasteiger partial charge < -0.3 is 16.4 Å². The lowest BCUT2D eigenvalue weighted by Crippen LogP contribution is -2.27. The molecule has 0 aliphatic heterocycles. The minimum Gasteiger partial charge on any atom is -0.366 e. The standard InChI is InChI=1S/C17H16FN3O3/c18-14-7-6-12(10-13(14)16(19)23)21-15(22)8-9-20-17(24)11-4-2-1-3-5-11/h1-7,10H,8-9H2,(H2,19,23)(H,20,24)(H,21,22). The second-order valence-corrected chi connectivity index (χ2v) is 4.98. The number of carbonyl (C=O) groups is 3. The maximum Gasteiger partial charge on any atom is 0.251 e. The lowest BCUT2D eigenvalue weighted by molar-refractivity contribution is -0.116. The highest BCUT2D eigenvalue weighted by Crippen LogP contribution is 2.14.